The minimum Gasteiger partial charge on any atom is -0.492 e. The Balaban J connectivity index is 2.85. The van der Waals surface area contributed by atoms with E-state index in [4.69, 9.17) is 15.2 Å². The maximum atomic E-state index is 11.7. The molecule has 19 heavy (non-hydrogen) atoms. The SMILES string of the molecule is CCOC(=O)c1ccc(N)cc1OCCS(C)(=O)=O. The molecular weight excluding hydrogens is 270 g/mol. The van der Waals surface area contributed by atoms with Gasteiger partial charge in [-0.1, -0.05) is 0 Å². The number of hydrogen-bond donors (Lipinski definition) is 1. The van der Waals surface area contributed by atoms with Crippen molar-refractivity contribution in [2.24, 2.45) is 0 Å². The molecule has 1 aromatic rings. The first-order valence-corrected chi connectivity index (χ1v) is 7.76. The van der Waals surface area contributed by atoms with E-state index >= 15 is 0 Å². The van der Waals surface area contributed by atoms with Crippen molar-refractivity contribution < 1.29 is 22.7 Å². The van der Waals surface area contributed by atoms with Crippen molar-refractivity contribution in [1.82, 2.24) is 0 Å². The number of nitrogens with two attached hydrogens (primary N) is 1. The molecule has 0 amide bonds. The predicted octanol–water partition coefficient (Wildman–Crippen LogP) is 0.869. The third-order valence-electron chi connectivity index (χ3n) is 2.21. The van der Waals surface area contributed by atoms with E-state index in [1.54, 1.807) is 13.0 Å². The summed E-state index contributed by atoms with van der Waals surface area (Å²) in [7, 11) is -3.12. The van der Waals surface area contributed by atoms with Crippen LogP contribution in [0.5, 0.6) is 5.75 Å². The number of carbonyl (C=O) groups excluding carboxylic acids is 1. The molecule has 0 saturated heterocycles. The average Bonchev–Trinajstić information content (AvgIpc) is 2.27. The topological polar surface area (TPSA) is 95.7 Å². The van der Waals surface area contributed by atoms with E-state index in [0.717, 1.165) is 6.26 Å². The Hall–Kier alpha value is -1.76. The molecule has 0 unspecified atom stereocenters. The van der Waals surface area contributed by atoms with Crippen molar-refractivity contribution in [3.05, 3.63) is 23.8 Å². The van der Waals surface area contributed by atoms with Gasteiger partial charge in [0.15, 0.2) is 9.84 Å². The quantitative estimate of drug-likeness (QED) is 0.616. The largest absolute Gasteiger partial charge is 0.492 e. The summed E-state index contributed by atoms with van der Waals surface area (Å²) in [5, 5.41) is 0. The molecule has 6 nitrogen and oxygen atoms in total. The molecule has 0 aliphatic heterocycles. The van der Waals surface area contributed by atoms with Gasteiger partial charge in [-0.15, -0.1) is 0 Å². The minimum atomic E-state index is -3.12. The summed E-state index contributed by atoms with van der Waals surface area (Å²) < 4.78 is 32.2. The second-order valence-electron chi connectivity index (χ2n) is 3.95. The van der Waals surface area contributed by atoms with Crippen molar-refractivity contribution in [2.45, 2.75) is 6.92 Å². The first kappa shape index (κ1) is 15.3. The normalized spacial score (nSPS) is 11.1. The Kier molecular flexibility index (Phi) is 5.17. The molecule has 0 fully saturated rings. The average molecular weight is 287 g/mol. The van der Waals surface area contributed by atoms with Crippen LogP contribution in [-0.2, 0) is 14.6 Å². The summed E-state index contributed by atoms with van der Waals surface area (Å²) in [6.45, 7) is 1.89. The van der Waals surface area contributed by atoms with Crippen LogP contribution in [0.15, 0.2) is 18.2 Å². The molecule has 7 heteroatoms. The van der Waals surface area contributed by atoms with Gasteiger partial charge in [-0.25, -0.2) is 13.2 Å². The van der Waals surface area contributed by atoms with E-state index in [2.05, 4.69) is 0 Å². The van der Waals surface area contributed by atoms with Gasteiger partial charge in [-0.2, -0.15) is 0 Å². The van der Waals surface area contributed by atoms with Gasteiger partial charge in [-0.3, -0.25) is 0 Å². The number of anilines is 1. The standard InChI is InChI=1S/C12H17NO5S/c1-3-17-12(14)10-5-4-9(13)8-11(10)18-6-7-19(2,15)16/h4-5,8H,3,6-7,13H2,1-2H3. The number of sulfone groups is 1. The third kappa shape index (κ3) is 5.17. The van der Waals surface area contributed by atoms with E-state index in [0.29, 0.717) is 5.69 Å². The molecule has 0 radical (unpaired) electrons. The lowest BCUT2D eigenvalue weighted by Gasteiger charge is -2.11. The Morgan fingerprint density at radius 2 is 2.05 bits per heavy atom. The summed E-state index contributed by atoms with van der Waals surface area (Å²) in [5.74, 6) is -0.441. The highest BCUT2D eigenvalue weighted by molar-refractivity contribution is 7.90. The summed E-state index contributed by atoms with van der Waals surface area (Å²) >= 11 is 0. The molecule has 0 aliphatic rings. The van der Waals surface area contributed by atoms with Gasteiger partial charge in [0.1, 0.15) is 17.9 Å². The Morgan fingerprint density at radius 1 is 1.37 bits per heavy atom. The minimum absolute atomic E-state index is 0.0469. The van der Waals surface area contributed by atoms with Crippen LogP contribution in [0, 0.1) is 0 Å². The Morgan fingerprint density at radius 3 is 2.63 bits per heavy atom. The molecule has 0 aliphatic carbocycles. The molecule has 0 bridgehead atoms. The van der Waals surface area contributed by atoms with Crippen molar-refractivity contribution in [1.29, 1.82) is 0 Å². The highest BCUT2D eigenvalue weighted by Crippen LogP contribution is 2.22. The lowest BCUT2D eigenvalue weighted by molar-refractivity contribution is 0.0522. The van der Waals surface area contributed by atoms with E-state index in [1.165, 1.54) is 12.1 Å². The van der Waals surface area contributed by atoms with Crippen molar-refractivity contribution in [3.8, 4) is 5.75 Å². The number of nitrogen functional groups attached to an aromatic ring is 1. The molecular formula is C12H17NO5S. The first-order chi connectivity index (χ1) is 8.83. The number of carbonyl (C=O) groups is 1. The van der Waals surface area contributed by atoms with E-state index in [9.17, 15) is 13.2 Å². The maximum Gasteiger partial charge on any atom is 0.341 e. The first-order valence-electron chi connectivity index (χ1n) is 5.70. The number of benzene rings is 1. The van der Waals surface area contributed by atoms with Gasteiger partial charge in [0.2, 0.25) is 0 Å². The molecule has 0 atom stereocenters. The van der Waals surface area contributed by atoms with Crippen LogP contribution in [0.3, 0.4) is 0 Å². The number of rotatable bonds is 6. The van der Waals surface area contributed by atoms with Gasteiger partial charge in [-0.05, 0) is 19.1 Å². The van der Waals surface area contributed by atoms with Crippen molar-refractivity contribution in [2.75, 3.05) is 31.0 Å². The molecule has 0 aromatic heterocycles. The molecule has 0 spiro atoms. The van der Waals surface area contributed by atoms with Gasteiger partial charge in [0.25, 0.3) is 0 Å². The summed E-state index contributed by atoms with van der Waals surface area (Å²) in [4.78, 5) is 11.7. The van der Waals surface area contributed by atoms with Crippen molar-refractivity contribution in [3.63, 3.8) is 0 Å². The Labute approximate surface area is 112 Å². The Bertz CT molecular complexity index is 553. The summed E-state index contributed by atoms with van der Waals surface area (Å²) in [6, 6.07) is 4.51. The number of ether oxygens (including phenoxy) is 2. The fourth-order valence-electron chi connectivity index (χ4n) is 1.34. The zero-order valence-electron chi connectivity index (χ0n) is 10.9. The maximum absolute atomic E-state index is 11.7. The lowest BCUT2D eigenvalue weighted by atomic mass is 10.2. The zero-order chi connectivity index (χ0) is 14.5. The van der Waals surface area contributed by atoms with Crippen LogP contribution in [0.4, 0.5) is 5.69 Å². The highest BCUT2D eigenvalue weighted by Gasteiger charge is 2.14. The second-order valence-corrected chi connectivity index (χ2v) is 6.21. The van der Waals surface area contributed by atoms with Crippen LogP contribution in [0.25, 0.3) is 0 Å². The summed E-state index contributed by atoms with van der Waals surface area (Å²) in [6.07, 6.45) is 1.11. The smallest absolute Gasteiger partial charge is 0.341 e. The van der Waals surface area contributed by atoms with E-state index in [-0.39, 0.29) is 30.3 Å². The van der Waals surface area contributed by atoms with Gasteiger partial charge < -0.3 is 15.2 Å². The summed E-state index contributed by atoms with van der Waals surface area (Å²) in [5.41, 5.74) is 6.25. The van der Waals surface area contributed by atoms with Gasteiger partial charge in [0.05, 0.1) is 12.4 Å². The number of hydrogen-bond acceptors (Lipinski definition) is 6. The van der Waals surface area contributed by atoms with Crippen LogP contribution in [0.1, 0.15) is 17.3 Å². The number of esters is 1. The lowest BCUT2D eigenvalue weighted by Crippen LogP contribution is -2.14. The third-order valence-corrected chi connectivity index (χ3v) is 3.12. The second kappa shape index (κ2) is 6.42. The van der Waals surface area contributed by atoms with E-state index in [1.807, 2.05) is 0 Å². The highest BCUT2D eigenvalue weighted by atomic mass is 32.2. The zero-order valence-corrected chi connectivity index (χ0v) is 11.7. The monoisotopic (exact) mass is 287 g/mol. The molecule has 1 aromatic carbocycles. The molecule has 2 N–H and O–H groups in total. The van der Waals surface area contributed by atoms with Gasteiger partial charge >= 0.3 is 5.97 Å². The van der Waals surface area contributed by atoms with E-state index < -0.39 is 15.8 Å². The fraction of sp³-hybridized carbons (Fsp3) is 0.417. The van der Waals surface area contributed by atoms with Crippen LogP contribution >= 0.6 is 0 Å². The van der Waals surface area contributed by atoms with Gasteiger partial charge in [0, 0.05) is 18.0 Å². The fourth-order valence-corrected chi connectivity index (χ4v) is 1.72. The molecule has 0 heterocycles. The van der Waals surface area contributed by atoms with Crippen LogP contribution in [0.2, 0.25) is 0 Å². The van der Waals surface area contributed by atoms with Crippen molar-refractivity contribution >= 4 is 21.5 Å². The molecule has 0 saturated carbocycles. The predicted molar refractivity (Wildman–Crippen MR) is 72.0 cm³/mol. The van der Waals surface area contributed by atoms with Crippen LogP contribution < -0.4 is 10.5 Å². The molecule has 1 rings (SSSR count). The van der Waals surface area contributed by atoms with Crippen LogP contribution in [-0.4, -0.2) is 39.6 Å². The molecule has 106 valence electrons.